The number of nitrogens with two attached hydrogens (primary N) is 1. The largest absolute Gasteiger partial charge is 0.368 e. The van der Waals surface area contributed by atoms with E-state index >= 15 is 0 Å². The maximum absolute atomic E-state index is 12.3. The lowest BCUT2D eigenvalue weighted by molar-refractivity contribution is -0.126. The first-order valence-electron chi connectivity index (χ1n) is 5.30. The van der Waals surface area contributed by atoms with E-state index in [4.69, 9.17) is 5.73 Å². The average Bonchev–Trinajstić information content (AvgIpc) is 2.33. The van der Waals surface area contributed by atoms with Crippen LogP contribution in [0.5, 0.6) is 0 Å². The number of sulfonamides is 1. The zero-order valence-electron chi connectivity index (χ0n) is 9.70. The van der Waals surface area contributed by atoms with Crippen LogP contribution in [-0.4, -0.2) is 47.7 Å². The van der Waals surface area contributed by atoms with E-state index in [1.54, 1.807) is 0 Å². The minimum Gasteiger partial charge on any atom is -0.368 e. The van der Waals surface area contributed by atoms with Gasteiger partial charge in [-0.2, -0.15) is 4.31 Å². The molecule has 0 saturated carbocycles. The van der Waals surface area contributed by atoms with Gasteiger partial charge in [-0.05, 0) is 6.92 Å². The fourth-order valence-corrected chi connectivity index (χ4v) is 3.17. The van der Waals surface area contributed by atoms with Gasteiger partial charge < -0.3 is 11.1 Å². The van der Waals surface area contributed by atoms with Crippen LogP contribution < -0.4 is 11.1 Å². The lowest BCUT2D eigenvalue weighted by Gasteiger charge is -2.31. The molecule has 1 aliphatic rings. The summed E-state index contributed by atoms with van der Waals surface area (Å²) < 4.78 is 25.7. The van der Waals surface area contributed by atoms with Crippen LogP contribution in [0.3, 0.4) is 0 Å². The van der Waals surface area contributed by atoms with Gasteiger partial charge in [0.15, 0.2) is 0 Å². The molecule has 1 fully saturated rings. The lowest BCUT2D eigenvalue weighted by atomic mass is 10.2. The first-order chi connectivity index (χ1) is 8.43. The van der Waals surface area contributed by atoms with E-state index in [2.05, 4.69) is 15.3 Å². The molecule has 1 saturated heterocycles. The summed E-state index contributed by atoms with van der Waals surface area (Å²) in [7, 11) is -3.77. The van der Waals surface area contributed by atoms with Gasteiger partial charge in [-0.3, -0.25) is 4.79 Å². The molecule has 2 rings (SSSR count). The summed E-state index contributed by atoms with van der Waals surface area (Å²) in [5.74, 6) is -0.320. The van der Waals surface area contributed by atoms with Crippen molar-refractivity contribution in [3.8, 4) is 0 Å². The average molecular weight is 271 g/mol. The molecule has 1 unspecified atom stereocenters. The maximum atomic E-state index is 12.3. The van der Waals surface area contributed by atoms with Crippen molar-refractivity contribution in [1.82, 2.24) is 19.6 Å². The van der Waals surface area contributed by atoms with Crippen LogP contribution in [0.1, 0.15) is 6.92 Å². The van der Waals surface area contributed by atoms with Crippen molar-refractivity contribution >= 4 is 21.9 Å². The summed E-state index contributed by atoms with van der Waals surface area (Å²) in [6.07, 6.45) is 2.27. The topological polar surface area (TPSA) is 118 Å². The predicted octanol–water partition coefficient (Wildman–Crippen LogP) is -1.43. The second-order valence-corrected chi connectivity index (χ2v) is 5.75. The number of hydrogen-bond acceptors (Lipinski definition) is 6. The lowest BCUT2D eigenvalue weighted by Crippen LogP contribution is -2.55. The summed E-state index contributed by atoms with van der Waals surface area (Å²) in [6, 6.07) is -0.749. The minimum absolute atomic E-state index is 0.00149. The number of carbonyl (C=O) groups excluding carboxylic acids is 1. The van der Waals surface area contributed by atoms with Crippen molar-refractivity contribution in [2.24, 2.45) is 0 Å². The zero-order chi connectivity index (χ0) is 13.3. The van der Waals surface area contributed by atoms with Crippen molar-refractivity contribution in [1.29, 1.82) is 0 Å². The van der Waals surface area contributed by atoms with Crippen LogP contribution in [0.4, 0.5) is 5.95 Å². The third kappa shape index (κ3) is 2.14. The smallest absolute Gasteiger partial charge is 0.246 e. The van der Waals surface area contributed by atoms with Gasteiger partial charge in [0.2, 0.25) is 21.9 Å². The zero-order valence-corrected chi connectivity index (χ0v) is 10.5. The number of carbonyl (C=O) groups is 1. The van der Waals surface area contributed by atoms with Gasteiger partial charge in [0.1, 0.15) is 10.9 Å². The number of nitrogen functional groups attached to an aromatic ring is 1. The molecule has 9 heteroatoms. The van der Waals surface area contributed by atoms with Crippen LogP contribution in [-0.2, 0) is 14.8 Å². The molecule has 0 aliphatic carbocycles. The van der Waals surface area contributed by atoms with E-state index in [9.17, 15) is 13.2 Å². The van der Waals surface area contributed by atoms with E-state index in [0.717, 1.165) is 16.7 Å². The van der Waals surface area contributed by atoms with E-state index in [1.807, 2.05) is 0 Å². The predicted molar refractivity (Wildman–Crippen MR) is 62.8 cm³/mol. The molecule has 1 aromatic rings. The van der Waals surface area contributed by atoms with E-state index in [-0.39, 0.29) is 29.8 Å². The monoisotopic (exact) mass is 271 g/mol. The number of hydrogen-bond donors (Lipinski definition) is 2. The molecular formula is C9H13N5O3S. The molecule has 1 amide bonds. The Labute approximate surface area is 104 Å². The summed E-state index contributed by atoms with van der Waals surface area (Å²) in [5, 5.41) is 2.60. The molecule has 0 radical (unpaired) electrons. The number of anilines is 1. The fraction of sp³-hybridized carbons (Fsp3) is 0.444. The fourth-order valence-electron chi connectivity index (χ4n) is 1.68. The summed E-state index contributed by atoms with van der Waals surface area (Å²) in [4.78, 5) is 18.7. The first kappa shape index (κ1) is 12.7. The molecule has 0 spiro atoms. The highest BCUT2D eigenvalue weighted by molar-refractivity contribution is 7.89. The Hall–Kier alpha value is -1.74. The molecule has 3 N–H and O–H groups in total. The van der Waals surface area contributed by atoms with Crippen molar-refractivity contribution in [3.63, 3.8) is 0 Å². The molecule has 98 valence electrons. The van der Waals surface area contributed by atoms with Crippen molar-refractivity contribution in [3.05, 3.63) is 12.4 Å². The highest BCUT2D eigenvalue weighted by Gasteiger charge is 2.35. The van der Waals surface area contributed by atoms with Gasteiger partial charge in [0.05, 0.1) is 12.4 Å². The van der Waals surface area contributed by atoms with Crippen molar-refractivity contribution in [2.75, 3.05) is 18.8 Å². The van der Waals surface area contributed by atoms with Crippen LogP contribution >= 0.6 is 0 Å². The molecule has 1 aromatic heterocycles. The normalized spacial score (nSPS) is 21.6. The number of nitrogens with zero attached hydrogens (tertiary/aromatic N) is 3. The Morgan fingerprint density at radius 3 is 2.67 bits per heavy atom. The van der Waals surface area contributed by atoms with Gasteiger partial charge in [0.25, 0.3) is 0 Å². The van der Waals surface area contributed by atoms with E-state index in [0.29, 0.717) is 0 Å². The Kier molecular flexibility index (Phi) is 3.18. The quantitative estimate of drug-likeness (QED) is 0.680. The van der Waals surface area contributed by atoms with Crippen LogP contribution in [0.2, 0.25) is 0 Å². The third-order valence-electron chi connectivity index (χ3n) is 2.70. The molecule has 2 heterocycles. The second-order valence-electron chi connectivity index (χ2n) is 3.86. The van der Waals surface area contributed by atoms with Crippen molar-refractivity contribution < 1.29 is 13.2 Å². The van der Waals surface area contributed by atoms with Crippen LogP contribution in [0.15, 0.2) is 17.3 Å². The summed E-state index contributed by atoms with van der Waals surface area (Å²) >= 11 is 0. The molecule has 8 nitrogen and oxygen atoms in total. The minimum atomic E-state index is -3.77. The molecule has 1 aliphatic heterocycles. The number of amides is 1. The standard InChI is InChI=1S/C9H13N5O3S/c1-6-8(15)11-2-3-14(6)18(16,17)7-4-12-9(10)13-5-7/h4-6H,2-3H2,1H3,(H,11,15)(H2,10,12,13). The van der Waals surface area contributed by atoms with Crippen molar-refractivity contribution in [2.45, 2.75) is 17.9 Å². The SMILES string of the molecule is CC1C(=O)NCCN1S(=O)(=O)c1cnc(N)nc1. The van der Waals surface area contributed by atoms with E-state index in [1.165, 1.54) is 6.92 Å². The summed E-state index contributed by atoms with van der Waals surface area (Å²) in [6.45, 7) is 2.04. The third-order valence-corrected chi connectivity index (χ3v) is 4.62. The van der Waals surface area contributed by atoms with Crippen LogP contribution in [0, 0.1) is 0 Å². The highest BCUT2D eigenvalue weighted by Crippen LogP contribution is 2.18. The number of piperazine rings is 1. The Balaban J connectivity index is 2.36. The molecule has 1 atom stereocenters. The molecule has 0 bridgehead atoms. The van der Waals surface area contributed by atoms with Gasteiger partial charge in [-0.1, -0.05) is 0 Å². The highest BCUT2D eigenvalue weighted by atomic mass is 32.2. The molecular weight excluding hydrogens is 258 g/mol. The first-order valence-corrected chi connectivity index (χ1v) is 6.74. The van der Waals surface area contributed by atoms with Crippen LogP contribution in [0.25, 0.3) is 0 Å². The molecule has 0 aromatic carbocycles. The van der Waals surface area contributed by atoms with Gasteiger partial charge in [-0.25, -0.2) is 18.4 Å². The van der Waals surface area contributed by atoms with Gasteiger partial charge >= 0.3 is 0 Å². The second kappa shape index (κ2) is 4.50. The molecule has 18 heavy (non-hydrogen) atoms. The van der Waals surface area contributed by atoms with E-state index < -0.39 is 16.1 Å². The summed E-state index contributed by atoms with van der Waals surface area (Å²) in [5.41, 5.74) is 5.30. The number of nitrogens with one attached hydrogen (secondary N) is 1. The Morgan fingerprint density at radius 1 is 1.44 bits per heavy atom. The maximum Gasteiger partial charge on any atom is 0.246 e. The Bertz CT molecular complexity index is 556. The number of aromatic nitrogens is 2. The van der Waals surface area contributed by atoms with Gasteiger partial charge in [-0.15, -0.1) is 0 Å². The number of rotatable bonds is 2. The van der Waals surface area contributed by atoms with Gasteiger partial charge in [0, 0.05) is 13.1 Å². The Morgan fingerprint density at radius 2 is 2.06 bits per heavy atom.